The third-order valence-corrected chi connectivity index (χ3v) is 1.76. The van der Waals surface area contributed by atoms with Gasteiger partial charge >= 0.3 is 6.47 Å². The molecule has 0 saturated carbocycles. The molecule has 1 unspecified atom stereocenters. The molecular weight excluding hydrogens is 184 g/mol. The van der Waals surface area contributed by atoms with Crippen molar-refractivity contribution in [1.82, 2.24) is 0 Å². The maximum Gasteiger partial charge on any atom is 0.420 e. The monoisotopic (exact) mass is 195 g/mol. The number of carbonyl (C=O) groups excluding carboxylic acids is 1. The zero-order valence-electron chi connectivity index (χ0n) is 8.02. The van der Waals surface area contributed by atoms with Crippen molar-refractivity contribution in [3.63, 3.8) is 0 Å². The van der Waals surface area contributed by atoms with Crippen LogP contribution in [0.5, 0.6) is 5.75 Å². The quantitative estimate of drug-likeness (QED) is 0.666. The molecule has 0 fully saturated rings. The lowest BCUT2D eigenvalue weighted by molar-refractivity contribution is -0.0666. The van der Waals surface area contributed by atoms with Gasteiger partial charge in [-0.3, -0.25) is 0 Å². The Labute approximate surface area is 82.4 Å². The van der Waals surface area contributed by atoms with Gasteiger partial charge in [-0.25, -0.2) is 4.79 Å². The number of rotatable bonds is 5. The van der Waals surface area contributed by atoms with Crippen LogP contribution in [-0.4, -0.2) is 20.7 Å². The van der Waals surface area contributed by atoms with Crippen LogP contribution in [0, 0.1) is 0 Å². The minimum atomic E-state index is -0.710. The van der Waals surface area contributed by atoms with Crippen LogP contribution in [-0.2, 0) is 14.3 Å². The van der Waals surface area contributed by atoms with Crippen LogP contribution in [0.25, 0.3) is 0 Å². The molecule has 1 radical (unpaired) electrons. The summed E-state index contributed by atoms with van der Waals surface area (Å²) < 4.78 is 14.5. The Morgan fingerprint density at radius 3 is 2.29 bits per heavy atom. The summed E-state index contributed by atoms with van der Waals surface area (Å²) in [6, 6.07) is 7.03. The van der Waals surface area contributed by atoms with Crippen molar-refractivity contribution in [3.8, 4) is 5.75 Å². The lowest BCUT2D eigenvalue weighted by Crippen LogP contribution is -2.05. The van der Waals surface area contributed by atoms with E-state index in [1.807, 2.05) is 0 Å². The summed E-state index contributed by atoms with van der Waals surface area (Å²) in [4.78, 5) is 10.0. The van der Waals surface area contributed by atoms with Gasteiger partial charge in [-0.15, -0.1) is 0 Å². The van der Waals surface area contributed by atoms with Crippen LogP contribution in [0.2, 0.25) is 0 Å². The largest absolute Gasteiger partial charge is 0.497 e. The van der Waals surface area contributed by atoms with Crippen molar-refractivity contribution >= 4 is 6.47 Å². The van der Waals surface area contributed by atoms with Gasteiger partial charge in [0.25, 0.3) is 0 Å². The molecule has 0 amide bonds. The van der Waals surface area contributed by atoms with Crippen molar-refractivity contribution in [3.05, 3.63) is 29.8 Å². The highest BCUT2D eigenvalue weighted by Crippen LogP contribution is 2.20. The summed E-state index contributed by atoms with van der Waals surface area (Å²) >= 11 is 0. The first-order valence-electron chi connectivity index (χ1n) is 4.01. The summed E-state index contributed by atoms with van der Waals surface area (Å²) in [7, 11) is 3.03. The fraction of sp³-hybridized carbons (Fsp3) is 0.300. The second-order valence-corrected chi connectivity index (χ2v) is 2.54. The molecule has 0 aliphatic heterocycles. The van der Waals surface area contributed by atoms with Crippen molar-refractivity contribution in [1.29, 1.82) is 0 Å². The minimum Gasteiger partial charge on any atom is -0.497 e. The van der Waals surface area contributed by atoms with Gasteiger partial charge in [0.05, 0.1) is 7.11 Å². The molecule has 0 N–H and O–H groups in total. The predicted molar refractivity (Wildman–Crippen MR) is 49.5 cm³/mol. The number of hydrogen-bond acceptors (Lipinski definition) is 4. The van der Waals surface area contributed by atoms with Crippen LogP contribution < -0.4 is 4.74 Å². The van der Waals surface area contributed by atoms with E-state index >= 15 is 0 Å². The molecule has 0 heterocycles. The van der Waals surface area contributed by atoms with Crippen molar-refractivity contribution < 1.29 is 19.0 Å². The molecule has 0 saturated heterocycles. The summed E-state index contributed by atoms with van der Waals surface area (Å²) in [6.07, 6.45) is -0.710. The molecule has 4 nitrogen and oxygen atoms in total. The van der Waals surface area contributed by atoms with Crippen LogP contribution in [0.3, 0.4) is 0 Å². The maximum absolute atomic E-state index is 10.0. The van der Waals surface area contributed by atoms with Gasteiger partial charge in [-0.1, -0.05) is 0 Å². The summed E-state index contributed by atoms with van der Waals surface area (Å²) in [5.74, 6) is 0.735. The normalized spacial score (nSPS) is 11.9. The van der Waals surface area contributed by atoms with E-state index in [4.69, 9.17) is 9.47 Å². The molecule has 1 aromatic rings. The molecular formula is C10H11O4. The second-order valence-electron chi connectivity index (χ2n) is 2.54. The van der Waals surface area contributed by atoms with Crippen LogP contribution >= 0.6 is 0 Å². The predicted octanol–water partition coefficient (Wildman–Crippen LogP) is 1.42. The zero-order chi connectivity index (χ0) is 10.4. The molecule has 0 aromatic heterocycles. The zero-order valence-corrected chi connectivity index (χ0v) is 8.02. The van der Waals surface area contributed by atoms with E-state index in [1.165, 1.54) is 13.6 Å². The Morgan fingerprint density at radius 1 is 1.21 bits per heavy atom. The fourth-order valence-electron chi connectivity index (χ4n) is 1.06. The first-order valence-corrected chi connectivity index (χ1v) is 4.01. The summed E-state index contributed by atoms with van der Waals surface area (Å²) in [5, 5.41) is 0. The van der Waals surface area contributed by atoms with Crippen LogP contribution in [0.15, 0.2) is 24.3 Å². The first kappa shape index (κ1) is 10.5. The molecule has 4 heteroatoms. The third kappa shape index (κ3) is 2.47. The summed E-state index contributed by atoms with van der Waals surface area (Å²) in [6.45, 7) is 1.34. The smallest absolute Gasteiger partial charge is 0.420 e. The van der Waals surface area contributed by atoms with Crippen LogP contribution in [0.4, 0.5) is 0 Å². The van der Waals surface area contributed by atoms with Crippen LogP contribution in [0.1, 0.15) is 11.9 Å². The second kappa shape index (κ2) is 5.24. The fourth-order valence-corrected chi connectivity index (χ4v) is 1.06. The average Bonchev–Trinajstić information content (AvgIpc) is 2.26. The Morgan fingerprint density at radius 2 is 1.86 bits per heavy atom. The van der Waals surface area contributed by atoms with Crippen molar-refractivity contribution in [2.45, 2.75) is 6.29 Å². The number of methoxy groups -OCH3 is 2. The van der Waals surface area contributed by atoms with Gasteiger partial charge in [0.1, 0.15) is 5.75 Å². The van der Waals surface area contributed by atoms with Gasteiger partial charge in [-0.05, 0) is 24.3 Å². The maximum atomic E-state index is 10.0. The Bertz CT molecular complexity index is 281. The molecule has 1 rings (SSSR count). The molecule has 0 aliphatic rings. The Balaban J connectivity index is 2.77. The van der Waals surface area contributed by atoms with E-state index in [2.05, 4.69) is 4.74 Å². The van der Waals surface area contributed by atoms with Crippen molar-refractivity contribution in [2.75, 3.05) is 14.2 Å². The van der Waals surface area contributed by atoms with E-state index < -0.39 is 6.29 Å². The van der Waals surface area contributed by atoms with E-state index in [9.17, 15) is 4.79 Å². The molecule has 1 aromatic carbocycles. The lowest BCUT2D eigenvalue weighted by atomic mass is 10.2. The van der Waals surface area contributed by atoms with Gasteiger partial charge in [0.15, 0.2) is 0 Å². The first-order chi connectivity index (χ1) is 6.81. The number of benzene rings is 1. The highest BCUT2D eigenvalue weighted by atomic mass is 16.7. The third-order valence-electron chi connectivity index (χ3n) is 1.76. The SMILES string of the molecule is COc1ccc(C(OC)O[C]=O)cc1. The molecule has 0 spiro atoms. The van der Waals surface area contributed by atoms with E-state index in [0.29, 0.717) is 0 Å². The van der Waals surface area contributed by atoms with E-state index in [0.717, 1.165) is 11.3 Å². The summed E-state index contributed by atoms with van der Waals surface area (Å²) in [5.41, 5.74) is 0.733. The van der Waals surface area contributed by atoms with Crippen molar-refractivity contribution in [2.24, 2.45) is 0 Å². The molecule has 14 heavy (non-hydrogen) atoms. The Kier molecular flexibility index (Phi) is 3.94. The highest BCUT2D eigenvalue weighted by Gasteiger charge is 2.10. The highest BCUT2D eigenvalue weighted by molar-refractivity contribution is 5.39. The Hall–Kier alpha value is -1.55. The minimum absolute atomic E-state index is 0.710. The van der Waals surface area contributed by atoms with E-state index in [-0.39, 0.29) is 0 Å². The van der Waals surface area contributed by atoms with Gasteiger partial charge in [0, 0.05) is 12.7 Å². The molecule has 0 aliphatic carbocycles. The lowest BCUT2D eigenvalue weighted by Gasteiger charge is -2.12. The molecule has 75 valence electrons. The molecule has 1 atom stereocenters. The molecule has 0 bridgehead atoms. The topological polar surface area (TPSA) is 44.8 Å². The van der Waals surface area contributed by atoms with Gasteiger partial charge < -0.3 is 14.2 Å². The number of ether oxygens (including phenoxy) is 3. The van der Waals surface area contributed by atoms with Gasteiger partial charge in [-0.2, -0.15) is 0 Å². The number of hydrogen-bond donors (Lipinski definition) is 0. The standard InChI is InChI=1S/C10H11O4/c1-12-9-5-3-8(4-6-9)10(13-2)14-7-11/h3-6,10H,1-2H3. The van der Waals surface area contributed by atoms with E-state index in [1.54, 1.807) is 31.4 Å². The average molecular weight is 195 g/mol. The van der Waals surface area contributed by atoms with Gasteiger partial charge in [0.2, 0.25) is 6.29 Å².